The van der Waals surface area contributed by atoms with Crippen LogP contribution in [-0.2, 0) is 9.53 Å². The van der Waals surface area contributed by atoms with E-state index in [-0.39, 0.29) is 17.3 Å². The molecule has 0 amide bonds. The van der Waals surface area contributed by atoms with Crippen molar-refractivity contribution in [2.75, 3.05) is 5.75 Å². The summed E-state index contributed by atoms with van der Waals surface area (Å²) in [6, 6.07) is -0.0650. The van der Waals surface area contributed by atoms with Gasteiger partial charge in [-0.2, -0.15) is 0 Å². The zero-order valence-electron chi connectivity index (χ0n) is 8.07. The van der Waals surface area contributed by atoms with E-state index in [4.69, 9.17) is 10.5 Å². The Morgan fingerprint density at radius 2 is 2.15 bits per heavy atom. The average molecular weight is 221 g/mol. The van der Waals surface area contributed by atoms with Crippen LogP contribution < -0.4 is 5.73 Å². The summed E-state index contributed by atoms with van der Waals surface area (Å²) in [7, 11) is 3.15. The van der Waals surface area contributed by atoms with Gasteiger partial charge < -0.3 is 10.5 Å². The monoisotopic (exact) mass is 221 g/mol. The molecule has 1 aliphatic rings. The standard InChI is InChI=1S/C8H15NO2S2/c1-8(2,3)11-7(10)6-5(9)4-12-13-6/h5-6H,4,9H2,1-3H3. The molecular weight excluding hydrogens is 206 g/mol. The van der Waals surface area contributed by atoms with E-state index in [1.165, 1.54) is 10.8 Å². The maximum atomic E-state index is 11.5. The molecule has 0 aromatic carbocycles. The van der Waals surface area contributed by atoms with Crippen molar-refractivity contribution in [1.82, 2.24) is 0 Å². The fourth-order valence-electron chi connectivity index (χ4n) is 0.924. The maximum Gasteiger partial charge on any atom is 0.322 e. The van der Waals surface area contributed by atoms with Gasteiger partial charge in [-0.3, -0.25) is 4.79 Å². The van der Waals surface area contributed by atoms with Gasteiger partial charge in [0.25, 0.3) is 0 Å². The van der Waals surface area contributed by atoms with E-state index < -0.39 is 5.60 Å². The highest BCUT2D eigenvalue weighted by atomic mass is 33.1. The molecule has 3 nitrogen and oxygen atoms in total. The summed E-state index contributed by atoms with van der Waals surface area (Å²) in [5, 5.41) is -0.191. The van der Waals surface area contributed by atoms with E-state index in [2.05, 4.69) is 0 Å². The summed E-state index contributed by atoms with van der Waals surface area (Å²) in [4.78, 5) is 11.5. The van der Waals surface area contributed by atoms with Crippen molar-refractivity contribution < 1.29 is 9.53 Å². The Morgan fingerprint density at radius 1 is 1.54 bits per heavy atom. The van der Waals surface area contributed by atoms with Gasteiger partial charge in [0.15, 0.2) is 0 Å². The minimum absolute atomic E-state index is 0.0650. The minimum atomic E-state index is -0.412. The molecule has 0 radical (unpaired) electrons. The van der Waals surface area contributed by atoms with Crippen LogP contribution in [0.4, 0.5) is 0 Å². The highest BCUT2D eigenvalue weighted by Crippen LogP contribution is 2.37. The number of rotatable bonds is 1. The number of carbonyl (C=O) groups excluding carboxylic acids is 1. The fourth-order valence-corrected chi connectivity index (χ4v) is 3.80. The first-order valence-electron chi connectivity index (χ1n) is 4.17. The zero-order valence-corrected chi connectivity index (χ0v) is 9.71. The Morgan fingerprint density at radius 3 is 2.54 bits per heavy atom. The van der Waals surface area contributed by atoms with Crippen LogP contribution in [0.1, 0.15) is 20.8 Å². The number of esters is 1. The molecule has 0 spiro atoms. The van der Waals surface area contributed by atoms with Crippen LogP contribution in [0.5, 0.6) is 0 Å². The molecule has 0 aromatic heterocycles. The largest absolute Gasteiger partial charge is 0.459 e. The number of ether oxygens (including phenoxy) is 1. The summed E-state index contributed by atoms with van der Waals surface area (Å²) in [5.74, 6) is 0.643. The van der Waals surface area contributed by atoms with E-state index in [1.807, 2.05) is 20.8 Å². The van der Waals surface area contributed by atoms with Crippen molar-refractivity contribution in [3.63, 3.8) is 0 Å². The lowest BCUT2D eigenvalue weighted by Gasteiger charge is -2.22. The first kappa shape index (κ1) is 11.2. The molecular formula is C8H15NO2S2. The molecule has 5 heteroatoms. The summed E-state index contributed by atoms with van der Waals surface area (Å²) in [6.45, 7) is 5.59. The molecule has 0 aromatic rings. The van der Waals surface area contributed by atoms with E-state index in [0.29, 0.717) is 0 Å². The summed E-state index contributed by atoms with van der Waals surface area (Å²) in [5.41, 5.74) is 5.34. The van der Waals surface area contributed by atoms with Gasteiger partial charge in [-0.15, -0.1) is 0 Å². The van der Waals surface area contributed by atoms with Crippen molar-refractivity contribution in [2.24, 2.45) is 5.73 Å². The van der Waals surface area contributed by atoms with E-state index >= 15 is 0 Å². The Labute approximate surface area is 86.5 Å². The third kappa shape index (κ3) is 3.40. The molecule has 0 aliphatic carbocycles. The Kier molecular flexibility index (Phi) is 3.54. The lowest BCUT2D eigenvalue weighted by Crippen LogP contribution is -2.40. The Bertz CT molecular complexity index is 203. The van der Waals surface area contributed by atoms with Crippen molar-refractivity contribution in [3.05, 3.63) is 0 Å². The van der Waals surface area contributed by atoms with Crippen LogP contribution in [0.2, 0.25) is 0 Å². The Hall–Kier alpha value is 0.130. The van der Waals surface area contributed by atoms with Gasteiger partial charge in [-0.25, -0.2) is 0 Å². The molecule has 2 atom stereocenters. The van der Waals surface area contributed by atoms with Crippen LogP contribution in [0.25, 0.3) is 0 Å². The highest BCUT2D eigenvalue weighted by molar-refractivity contribution is 8.77. The predicted octanol–water partition coefficient (Wildman–Crippen LogP) is 1.42. The molecule has 1 saturated heterocycles. The highest BCUT2D eigenvalue weighted by Gasteiger charge is 2.35. The quantitative estimate of drug-likeness (QED) is 0.536. The van der Waals surface area contributed by atoms with E-state index in [0.717, 1.165) is 5.75 Å². The molecule has 13 heavy (non-hydrogen) atoms. The zero-order chi connectivity index (χ0) is 10.1. The van der Waals surface area contributed by atoms with Crippen molar-refractivity contribution >= 4 is 27.6 Å². The lowest BCUT2D eigenvalue weighted by molar-refractivity contribution is -0.154. The van der Waals surface area contributed by atoms with Gasteiger partial charge in [0.1, 0.15) is 10.9 Å². The van der Waals surface area contributed by atoms with Crippen LogP contribution in [-0.4, -0.2) is 28.6 Å². The molecule has 1 rings (SSSR count). The number of nitrogens with two attached hydrogens (primary N) is 1. The molecule has 76 valence electrons. The molecule has 2 N–H and O–H groups in total. The minimum Gasteiger partial charge on any atom is -0.459 e. The second-order valence-electron chi connectivity index (χ2n) is 4.00. The molecule has 1 aliphatic heterocycles. The second kappa shape index (κ2) is 4.11. The average Bonchev–Trinajstić information content (AvgIpc) is 2.30. The third-order valence-corrected chi connectivity index (χ3v) is 4.31. The SMILES string of the molecule is CC(C)(C)OC(=O)C1SSCC1N. The second-order valence-corrected chi connectivity index (χ2v) is 6.55. The number of carbonyl (C=O) groups is 1. The van der Waals surface area contributed by atoms with Gasteiger partial charge >= 0.3 is 5.97 Å². The molecule has 2 unspecified atom stereocenters. The van der Waals surface area contributed by atoms with Crippen LogP contribution >= 0.6 is 21.6 Å². The third-order valence-electron chi connectivity index (χ3n) is 1.46. The smallest absolute Gasteiger partial charge is 0.322 e. The van der Waals surface area contributed by atoms with Crippen molar-refractivity contribution in [1.29, 1.82) is 0 Å². The lowest BCUT2D eigenvalue weighted by atomic mass is 10.2. The molecule has 0 bridgehead atoms. The molecule has 1 fully saturated rings. The van der Waals surface area contributed by atoms with Crippen molar-refractivity contribution in [2.45, 2.75) is 37.7 Å². The summed E-state index contributed by atoms with van der Waals surface area (Å²) in [6.07, 6.45) is 0. The van der Waals surface area contributed by atoms with Crippen LogP contribution in [0.3, 0.4) is 0 Å². The van der Waals surface area contributed by atoms with Crippen molar-refractivity contribution in [3.8, 4) is 0 Å². The Balaban J connectivity index is 2.48. The maximum absolute atomic E-state index is 11.5. The fraction of sp³-hybridized carbons (Fsp3) is 0.875. The normalized spacial score (nSPS) is 28.9. The van der Waals surface area contributed by atoms with Crippen LogP contribution in [0.15, 0.2) is 0 Å². The first-order valence-corrected chi connectivity index (χ1v) is 6.55. The number of hydrogen-bond acceptors (Lipinski definition) is 5. The van der Waals surface area contributed by atoms with Gasteiger partial charge in [-0.05, 0) is 20.8 Å². The number of hydrogen-bond donors (Lipinski definition) is 1. The van der Waals surface area contributed by atoms with Gasteiger partial charge in [0.2, 0.25) is 0 Å². The molecule has 0 saturated carbocycles. The van der Waals surface area contributed by atoms with Crippen LogP contribution in [0, 0.1) is 0 Å². The topological polar surface area (TPSA) is 52.3 Å². The van der Waals surface area contributed by atoms with Gasteiger partial charge in [-0.1, -0.05) is 21.6 Å². The predicted molar refractivity (Wildman–Crippen MR) is 57.7 cm³/mol. The van der Waals surface area contributed by atoms with Gasteiger partial charge in [0.05, 0.1) is 0 Å². The van der Waals surface area contributed by atoms with Gasteiger partial charge in [0, 0.05) is 11.8 Å². The van der Waals surface area contributed by atoms with E-state index in [1.54, 1.807) is 10.8 Å². The first-order chi connectivity index (χ1) is 5.90. The summed E-state index contributed by atoms with van der Waals surface area (Å²) >= 11 is 0. The van der Waals surface area contributed by atoms with E-state index in [9.17, 15) is 4.79 Å². The molecule has 1 heterocycles. The summed E-state index contributed by atoms with van der Waals surface area (Å²) < 4.78 is 5.24.